The number of carbonyl (C=O) groups is 2. The van der Waals surface area contributed by atoms with Gasteiger partial charge in [-0.2, -0.15) is 5.10 Å². The smallest absolute Gasteiger partial charge is 0.253 e. The summed E-state index contributed by atoms with van der Waals surface area (Å²) in [7, 11) is 0. The van der Waals surface area contributed by atoms with Crippen LogP contribution >= 0.6 is 0 Å². The number of hydrogen-bond acceptors (Lipinski definition) is 3. The van der Waals surface area contributed by atoms with Crippen LogP contribution < -0.4 is 5.32 Å². The molecule has 1 N–H and O–H groups in total. The molecule has 21 heavy (non-hydrogen) atoms. The largest absolute Gasteiger partial charge is 0.354 e. The third-order valence-corrected chi connectivity index (χ3v) is 3.48. The lowest BCUT2D eigenvalue weighted by atomic mass is 10.1. The summed E-state index contributed by atoms with van der Waals surface area (Å²) in [6, 6.07) is 9.15. The number of benzene rings is 1. The minimum absolute atomic E-state index is 0.000620. The van der Waals surface area contributed by atoms with Crippen molar-refractivity contribution in [2.24, 2.45) is 0 Å². The van der Waals surface area contributed by atoms with E-state index in [-0.39, 0.29) is 11.8 Å². The Hall–Kier alpha value is -2.63. The Kier molecular flexibility index (Phi) is 3.68. The molecule has 1 fully saturated rings. The molecular weight excluding hydrogens is 268 g/mol. The van der Waals surface area contributed by atoms with Gasteiger partial charge in [0.2, 0.25) is 5.91 Å². The number of nitrogens with one attached hydrogen (secondary N) is 1. The van der Waals surface area contributed by atoms with Crippen molar-refractivity contribution in [3.63, 3.8) is 0 Å². The van der Waals surface area contributed by atoms with Gasteiger partial charge in [-0.05, 0) is 30.3 Å². The number of carbonyl (C=O) groups excluding carboxylic acids is 2. The van der Waals surface area contributed by atoms with Gasteiger partial charge in [0, 0.05) is 44.0 Å². The molecule has 6 nitrogen and oxygen atoms in total. The molecule has 0 atom stereocenters. The van der Waals surface area contributed by atoms with Crippen molar-refractivity contribution in [3.8, 4) is 5.69 Å². The second kappa shape index (κ2) is 5.78. The monoisotopic (exact) mass is 284 g/mol. The van der Waals surface area contributed by atoms with Gasteiger partial charge in [0.1, 0.15) is 0 Å². The fourth-order valence-corrected chi connectivity index (χ4v) is 2.33. The van der Waals surface area contributed by atoms with Crippen LogP contribution in [-0.2, 0) is 4.79 Å². The highest BCUT2D eigenvalue weighted by Crippen LogP contribution is 2.11. The Bertz CT molecular complexity index is 634. The van der Waals surface area contributed by atoms with Gasteiger partial charge in [0.05, 0.1) is 5.69 Å². The lowest BCUT2D eigenvalue weighted by Crippen LogP contribution is -2.34. The molecule has 2 aromatic rings. The summed E-state index contributed by atoms with van der Waals surface area (Å²) in [6.45, 7) is 1.52. The average molecular weight is 284 g/mol. The highest BCUT2D eigenvalue weighted by molar-refractivity contribution is 5.94. The summed E-state index contributed by atoms with van der Waals surface area (Å²) >= 11 is 0. The van der Waals surface area contributed by atoms with Gasteiger partial charge in [0.15, 0.2) is 0 Å². The Balaban J connectivity index is 1.74. The van der Waals surface area contributed by atoms with Crippen molar-refractivity contribution in [2.75, 3.05) is 19.6 Å². The molecule has 1 aliphatic heterocycles. The van der Waals surface area contributed by atoms with E-state index in [2.05, 4.69) is 10.4 Å². The average Bonchev–Trinajstić information content (AvgIpc) is 2.96. The molecule has 1 aliphatic rings. The first kappa shape index (κ1) is 13.4. The Labute approximate surface area is 122 Å². The molecule has 2 heterocycles. The van der Waals surface area contributed by atoms with E-state index in [1.807, 2.05) is 24.4 Å². The van der Waals surface area contributed by atoms with Gasteiger partial charge in [0.25, 0.3) is 5.91 Å². The van der Waals surface area contributed by atoms with E-state index in [4.69, 9.17) is 0 Å². The van der Waals surface area contributed by atoms with Crippen LogP contribution in [0.15, 0.2) is 42.7 Å². The number of nitrogens with zero attached hydrogens (tertiary/aromatic N) is 3. The molecule has 0 aliphatic carbocycles. The van der Waals surface area contributed by atoms with Crippen molar-refractivity contribution in [1.82, 2.24) is 20.0 Å². The van der Waals surface area contributed by atoms with Crippen LogP contribution in [0.25, 0.3) is 5.69 Å². The van der Waals surface area contributed by atoms with Crippen LogP contribution in [0.2, 0.25) is 0 Å². The van der Waals surface area contributed by atoms with E-state index in [9.17, 15) is 9.59 Å². The number of rotatable bonds is 2. The Morgan fingerprint density at radius 3 is 2.71 bits per heavy atom. The SMILES string of the molecule is O=C1CCN(C(=O)c2ccc(-n3cccn3)cc2)CCN1. The normalized spacial score (nSPS) is 15.4. The number of hydrogen-bond donors (Lipinski definition) is 1. The molecule has 0 spiro atoms. The third kappa shape index (κ3) is 2.94. The van der Waals surface area contributed by atoms with Crippen molar-refractivity contribution in [1.29, 1.82) is 0 Å². The topological polar surface area (TPSA) is 67.2 Å². The summed E-state index contributed by atoms with van der Waals surface area (Å²) in [6.07, 6.45) is 3.92. The maximum Gasteiger partial charge on any atom is 0.253 e. The molecule has 1 aromatic heterocycles. The van der Waals surface area contributed by atoms with Crippen LogP contribution in [-0.4, -0.2) is 46.1 Å². The maximum absolute atomic E-state index is 12.4. The van der Waals surface area contributed by atoms with Crippen LogP contribution in [0.1, 0.15) is 16.8 Å². The van der Waals surface area contributed by atoms with Crippen molar-refractivity contribution >= 4 is 11.8 Å². The first-order valence-corrected chi connectivity index (χ1v) is 6.90. The van der Waals surface area contributed by atoms with Crippen molar-refractivity contribution < 1.29 is 9.59 Å². The molecular formula is C15H16N4O2. The summed E-state index contributed by atoms with van der Waals surface area (Å²) in [5.74, 6) is -0.0437. The van der Waals surface area contributed by atoms with Crippen LogP contribution in [0, 0.1) is 0 Å². The number of amides is 2. The minimum atomic E-state index is -0.0430. The lowest BCUT2D eigenvalue weighted by Gasteiger charge is -2.19. The quantitative estimate of drug-likeness (QED) is 0.888. The van der Waals surface area contributed by atoms with E-state index in [0.717, 1.165) is 5.69 Å². The van der Waals surface area contributed by atoms with E-state index in [1.165, 1.54) is 0 Å². The van der Waals surface area contributed by atoms with Gasteiger partial charge in [-0.1, -0.05) is 0 Å². The molecule has 2 amide bonds. The molecule has 1 saturated heterocycles. The Morgan fingerprint density at radius 2 is 2.00 bits per heavy atom. The van der Waals surface area contributed by atoms with E-state index in [0.29, 0.717) is 31.6 Å². The van der Waals surface area contributed by atoms with E-state index in [1.54, 1.807) is 27.9 Å². The molecule has 0 unspecified atom stereocenters. The zero-order chi connectivity index (χ0) is 14.7. The third-order valence-electron chi connectivity index (χ3n) is 3.48. The predicted molar refractivity (Wildman–Crippen MR) is 77.1 cm³/mol. The van der Waals surface area contributed by atoms with Gasteiger partial charge in [-0.25, -0.2) is 4.68 Å². The van der Waals surface area contributed by atoms with Crippen LogP contribution in [0.4, 0.5) is 0 Å². The first-order chi connectivity index (χ1) is 10.2. The summed E-state index contributed by atoms with van der Waals surface area (Å²) in [5, 5.41) is 6.91. The highest BCUT2D eigenvalue weighted by atomic mass is 16.2. The maximum atomic E-state index is 12.4. The number of aromatic nitrogens is 2. The fraction of sp³-hybridized carbons (Fsp3) is 0.267. The molecule has 0 radical (unpaired) electrons. The fourth-order valence-electron chi connectivity index (χ4n) is 2.33. The first-order valence-electron chi connectivity index (χ1n) is 6.90. The summed E-state index contributed by atoms with van der Waals surface area (Å²) in [4.78, 5) is 25.4. The lowest BCUT2D eigenvalue weighted by molar-refractivity contribution is -0.120. The Morgan fingerprint density at radius 1 is 1.19 bits per heavy atom. The van der Waals surface area contributed by atoms with Gasteiger partial charge >= 0.3 is 0 Å². The standard InChI is InChI=1S/C15H16N4O2/c20-14-6-10-18(11-8-16-14)15(21)12-2-4-13(5-3-12)19-9-1-7-17-19/h1-5,7,9H,6,8,10-11H2,(H,16,20). The summed E-state index contributed by atoms with van der Waals surface area (Å²) in [5.41, 5.74) is 1.53. The molecule has 108 valence electrons. The van der Waals surface area contributed by atoms with Crippen molar-refractivity contribution in [3.05, 3.63) is 48.3 Å². The van der Waals surface area contributed by atoms with Gasteiger partial charge < -0.3 is 10.2 Å². The second-order valence-corrected chi connectivity index (χ2v) is 4.89. The van der Waals surface area contributed by atoms with Gasteiger partial charge in [-0.15, -0.1) is 0 Å². The second-order valence-electron chi connectivity index (χ2n) is 4.89. The van der Waals surface area contributed by atoms with Gasteiger partial charge in [-0.3, -0.25) is 9.59 Å². The molecule has 0 saturated carbocycles. The molecule has 6 heteroatoms. The zero-order valence-corrected chi connectivity index (χ0v) is 11.5. The van der Waals surface area contributed by atoms with E-state index < -0.39 is 0 Å². The van der Waals surface area contributed by atoms with E-state index >= 15 is 0 Å². The highest BCUT2D eigenvalue weighted by Gasteiger charge is 2.19. The molecule has 0 bridgehead atoms. The van der Waals surface area contributed by atoms with Crippen LogP contribution in [0.5, 0.6) is 0 Å². The molecule has 3 rings (SSSR count). The predicted octanol–water partition coefficient (Wildman–Crippen LogP) is 0.834. The zero-order valence-electron chi connectivity index (χ0n) is 11.5. The van der Waals surface area contributed by atoms with Crippen molar-refractivity contribution in [2.45, 2.75) is 6.42 Å². The minimum Gasteiger partial charge on any atom is -0.354 e. The molecule has 1 aromatic carbocycles. The van der Waals surface area contributed by atoms with Crippen LogP contribution in [0.3, 0.4) is 0 Å². The summed E-state index contributed by atoms with van der Waals surface area (Å²) < 4.78 is 1.74.